The smallest absolute Gasteiger partial charge is 0.339 e. The van der Waals surface area contributed by atoms with Gasteiger partial charge in [0.15, 0.2) is 0 Å². The van der Waals surface area contributed by atoms with E-state index in [-0.39, 0.29) is 22.6 Å². The number of carbonyl (C=O) groups is 2. The number of ether oxygens (including phenoxy) is 3. The molecule has 1 aliphatic rings. The van der Waals surface area contributed by atoms with E-state index in [0.29, 0.717) is 12.3 Å². The molecular weight excluding hydrogens is 322 g/mol. The zero-order valence-electron chi connectivity index (χ0n) is 13.1. The molecule has 1 aromatic carbocycles. The van der Waals surface area contributed by atoms with Crippen molar-refractivity contribution in [3.8, 4) is 0 Å². The van der Waals surface area contributed by atoms with Crippen molar-refractivity contribution in [1.82, 2.24) is 0 Å². The van der Waals surface area contributed by atoms with Gasteiger partial charge in [0.1, 0.15) is 6.10 Å². The predicted molar refractivity (Wildman–Crippen MR) is 85.8 cm³/mol. The maximum absolute atomic E-state index is 12.1. The molecule has 126 valence electrons. The van der Waals surface area contributed by atoms with Crippen molar-refractivity contribution in [2.45, 2.75) is 32.0 Å². The van der Waals surface area contributed by atoms with Gasteiger partial charge in [0, 0.05) is 12.3 Å². The van der Waals surface area contributed by atoms with Crippen LogP contribution in [0.25, 0.3) is 0 Å². The van der Waals surface area contributed by atoms with E-state index < -0.39 is 12.1 Å². The molecule has 1 N–H and O–H groups in total. The van der Waals surface area contributed by atoms with Crippen LogP contribution in [0.15, 0.2) is 18.2 Å². The van der Waals surface area contributed by atoms with Crippen LogP contribution in [-0.2, 0) is 19.0 Å². The lowest BCUT2D eigenvalue weighted by Gasteiger charge is -2.16. The predicted octanol–water partition coefficient (Wildman–Crippen LogP) is 2.65. The Kier molecular flexibility index (Phi) is 6.38. The van der Waals surface area contributed by atoms with Crippen LogP contribution < -0.4 is 5.32 Å². The number of halogens is 1. The van der Waals surface area contributed by atoms with Gasteiger partial charge in [0.05, 0.1) is 30.4 Å². The number of carbonyl (C=O) groups excluding carboxylic acids is 2. The Morgan fingerprint density at radius 3 is 2.91 bits per heavy atom. The average Bonchev–Trinajstić information content (AvgIpc) is 3.07. The van der Waals surface area contributed by atoms with Crippen molar-refractivity contribution < 1.29 is 23.8 Å². The lowest BCUT2D eigenvalue weighted by molar-refractivity contribution is -0.128. The van der Waals surface area contributed by atoms with Gasteiger partial charge in [-0.25, -0.2) is 4.79 Å². The Morgan fingerprint density at radius 2 is 2.26 bits per heavy atom. The fourth-order valence-corrected chi connectivity index (χ4v) is 2.41. The molecule has 1 amide bonds. The number of hydrogen-bond acceptors (Lipinski definition) is 5. The number of esters is 1. The van der Waals surface area contributed by atoms with Crippen LogP contribution in [0.3, 0.4) is 0 Å². The topological polar surface area (TPSA) is 73.9 Å². The third-order valence-electron chi connectivity index (χ3n) is 3.56. The summed E-state index contributed by atoms with van der Waals surface area (Å²) in [6.45, 7) is 2.81. The number of nitrogens with one attached hydrogen (secondary N) is 1. The summed E-state index contributed by atoms with van der Waals surface area (Å²) in [6, 6.07) is 4.61. The van der Waals surface area contributed by atoms with Crippen molar-refractivity contribution in [3.63, 3.8) is 0 Å². The molecule has 0 spiro atoms. The number of anilines is 1. The van der Waals surface area contributed by atoms with Crippen LogP contribution in [-0.4, -0.2) is 44.4 Å². The van der Waals surface area contributed by atoms with E-state index in [2.05, 4.69) is 10.1 Å². The summed E-state index contributed by atoms with van der Waals surface area (Å²) in [7, 11) is 1.27. The first-order chi connectivity index (χ1) is 11.0. The second kappa shape index (κ2) is 8.29. The van der Waals surface area contributed by atoms with Gasteiger partial charge >= 0.3 is 5.97 Å². The highest BCUT2D eigenvalue weighted by atomic mass is 35.5. The molecule has 0 aromatic heterocycles. The Bertz CT molecular complexity index is 572. The SMILES string of the molecule is COC(=O)c1cc(NC(=O)[C@@H](C)OC[C@H]2CCCO2)ccc1Cl. The molecule has 1 aromatic rings. The van der Waals surface area contributed by atoms with E-state index in [1.165, 1.54) is 19.2 Å². The summed E-state index contributed by atoms with van der Waals surface area (Å²) >= 11 is 5.94. The first kappa shape index (κ1) is 17.7. The summed E-state index contributed by atoms with van der Waals surface area (Å²) in [4.78, 5) is 23.7. The fraction of sp³-hybridized carbons (Fsp3) is 0.500. The third kappa shape index (κ3) is 4.92. The molecule has 0 radical (unpaired) electrons. The standard InChI is InChI=1S/C16H20ClNO5/c1-10(23-9-12-4-3-7-22-12)15(19)18-11-5-6-14(17)13(8-11)16(20)21-2/h5-6,8,10,12H,3-4,7,9H2,1-2H3,(H,18,19)/t10-,12-/m1/s1. The second-order valence-corrected chi connectivity index (χ2v) is 5.69. The highest BCUT2D eigenvalue weighted by molar-refractivity contribution is 6.33. The van der Waals surface area contributed by atoms with Gasteiger partial charge in [-0.1, -0.05) is 11.6 Å². The molecule has 0 aliphatic carbocycles. The average molecular weight is 342 g/mol. The van der Waals surface area contributed by atoms with Crippen molar-refractivity contribution >= 4 is 29.2 Å². The van der Waals surface area contributed by atoms with E-state index in [4.69, 9.17) is 21.1 Å². The highest BCUT2D eigenvalue weighted by Crippen LogP contribution is 2.21. The first-order valence-corrected chi connectivity index (χ1v) is 7.81. The van der Waals surface area contributed by atoms with E-state index in [9.17, 15) is 9.59 Å². The normalized spacial score (nSPS) is 18.5. The van der Waals surface area contributed by atoms with E-state index in [0.717, 1.165) is 19.4 Å². The van der Waals surface area contributed by atoms with Crippen LogP contribution in [0.5, 0.6) is 0 Å². The summed E-state index contributed by atoms with van der Waals surface area (Å²) in [5, 5.41) is 2.95. The highest BCUT2D eigenvalue weighted by Gasteiger charge is 2.20. The lowest BCUT2D eigenvalue weighted by Crippen LogP contribution is -2.30. The van der Waals surface area contributed by atoms with Gasteiger partial charge in [0.2, 0.25) is 0 Å². The summed E-state index contributed by atoms with van der Waals surface area (Å²) in [6.07, 6.45) is 1.41. The summed E-state index contributed by atoms with van der Waals surface area (Å²) in [5.41, 5.74) is 0.646. The maximum atomic E-state index is 12.1. The quantitative estimate of drug-likeness (QED) is 0.805. The van der Waals surface area contributed by atoms with Crippen LogP contribution >= 0.6 is 11.6 Å². The molecule has 1 heterocycles. The zero-order valence-corrected chi connectivity index (χ0v) is 13.9. The van der Waals surface area contributed by atoms with Crippen molar-refractivity contribution in [2.75, 3.05) is 25.6 Å². The fourth-order valence-electron chi connectivity index (χ4n) is 2.22. The molecule has 7 heteroatoms. The molecule has 1 saturated heterocycles. The van der Waals surface area contributed by atoms with Crippen LogP contribution in [0.4, 0.5) is 5.69 Å². The van der Waals surface area contributed by atoms with Crippen molar-refractivity contribution in [1.29, 1.82) is 0 Å². The van der Waals surface area contributed by atoms with E-state index in [1.54, 1.807) is 13.0 Å². The van der Waals surface area contributed by atoms with Crippen LogP contribution in [0, 0.1) is 0 Å². The number of benzene rings is 1. The Morgan fingerprint density at radius 1 is 1.48 bits per heavy atom. The summed E-state index contributed by atoms with van der Waals surface area (Å²) in [5.74, 6) is -0.866. The van der Waals surface area contributed by atoms with Crippen molar-refractivity contribution in [2.24, 2.45) is 0 Å². The van der Waals surface area contributed by atoms with Gasteiger partial charge in [0.25, 0.3) is 5.91 Å². The number of amides is 1. The lowest BCUT2D eigenvalue weighted by atomic mass is 10.2. The van der Waals surface area contributed by atoms with Gasteiger partial charge in [-0.05, 0) is 38.0 Å². The van der Waals surface area contributed by atoms with Crippen molar-refractivity contribution in [3.05, 3.63) is 28.8 Å². The molecule has 1 aliphatic heterocycles. The minimum atomic E-state index is -0.628. The molecule has 6 nitrogen and oxygen atoms in total. The van der Waals surface area contributed by atoms with E-state index in [1.807, 2.05) is 0 Å². The summed E-state index contributed by atoms with van der Waals surface area (Å²) < 4.78 is 15.6. The van der Waals surface area contributed by atoms with Gasteiger partial charge in [-0.15, -0.1) is 0 Å². The molecule has 1 fully saturated rings. The Balaban J connectivity index is 1.92. The van der Waals surface area contributed by atoms with Gasteiger partial charge < -0.3 is 19.5 Å². The molecule has 0 unspecified atom stereocenters. The molecule has 0 bridgehead atoms. The maximum Gasteiger partial charge on any atom is 0.339 e. The largest absolute Gasteiger partial charge is 0.465 e. The zero-order chi connectivity index (χ0) is 16.8. The van der Waals surface area contributed by atoms with Gasteiger partial charge in [-0.3, -0.25) is 4.79 Å². The molecular formula is C16H20ClNO5. The molecule has 0 saturated carbocycles. The van der Waals surface area contributed by atoms with Crippen LogP contribution in [0.1, 0.15) is 30.1 Å². The number of rotatable bonds is 6. The molecule has 2 rings (SSSR count). The Hall–Kier alpha value is -1.63. The number of methoxy groups -OCH3 is 1. The minimum absolute atomic E-state index is 0.0618. The van der Waals surface area contributed by atoms with E-state index >= 15 is 0 Å². The Labute approximate surface area is 140 Å². The molecule has 2 atom stereocenters. The third-order valence-corrected chi connectivity index (χ3v) is 3.89. The molecule has 23 heavy (non-hydrogen) atoms. The minimum Gasteiger partial charge on any atom is -0.465 e. The van der Waals surface area contributed by atoms with Crippen LogP contribution in [0.2, 0.25) is 5.02 Å². The second-order valence-electron chi connectivity index (χ2n) is 5.29. The number of hydrogen-bond donors (Lipinski definition) is 1. The first-order valence-electron chi connectivity index (χ1n) is 7.43. The monoisotopic (exact) mass is 341 g/mol. The van der Waals surface area contributed by atoms with Gasteiger partial charge in [-0.2, -0.15) is 0 Å².